The Morgan fingerprint density at radius 2 is 1.97 bits per heavy atom. The third-order valence-corrected chi connectivity index (χ3v) is 6.81. The minimum atomic E-state index is -0.497. The maximum Gasteiger partial charge on any atom is 0.268 e. The predicted octanol–water partition coefficient (Wildman–Crippen LogP) is 3.79. The summed E-state index contributed by atoms with van der Waals surface area (Å²) >= 11 is 0. The van der Waals surface area contributed by atoms with Gasteiger partial charge in [0.15, 0.2) is 0 Å². The number of rotatable bonds is 3. The zero-order chi connectivity index (χ0) is 20.8. The Hall–Kier alpha value is -2.40. The summed E-state index contributed by atoms with van der Waals surface area (Å²) in [5.74, 6) is 0.117. The lowest BCUT2D eigenvalue weighted by Gasteiger charge is -2.38. The number of aliphatic hydroxyl groups excluding tert-OH is 1. The molecule has 2 atom stereocenters. The van der Waals surface area contributed by atoms with Crippen molar-refractivity contribution in [2.24, 2.45) is 0 Å². The molecule has 1 aliphatic heterocycles. The van der Waals surface area contributed by atoms with Crippen LogP contribution in [0.3, 0.4) is 0 Å². The second-order valence-electron chi connectivity index (χ2n) is 8.87. The van der Waals surface area contributed by atoms with Crippen LogP contribution < -0.4 is 5.56 Å². The molecular weight excluding hydrogens is 364 g/mol. The van der Waals surface area contributed by atoms with Gasteiger partial charge < -0.3 is 10.0 Å². The quantitative estimate of drug-likeness (QED) is 0.862. The molecule has 2 aliphatic rings. The van der Waals surface area contributed by atoms with Crippen molar-refractivity contribution in [3.05, 3.63) is 63.6 Å². The summed E-state index contributed by atoms with van der Waals surface area (Å²) in [6.07, 6.45) is 5.40. The Bertz CT molecular complexity index is 990. The van der Waals surface area contributed by atoms with E-state index in [-0.39, 0.29) is 17.0 Å². The van der Waals surface area contributed by atoms with Gasteiger partial charge in [0.1, 0.15) is 5.56 Å². The number of aliphatic hydroxyl groups is 1. The molecule has 2 heterocycles. The molecule has 1 spiro atoms. The lowest BCUT2D eigenvalue weighted by molar-refractivity contribution is 0.0149. The van der Waals surface area contributed by atoms with Crippen molar-refractivity contribution in [1.82, 2.24) is 9.47 Å². The maximum atomic E-state index is 13.6. The number of pyridine rings is 1. The van der Waals surface area contributed by atoms with E-state index in [0.29, 0.717) is 18.0 Å². The summed E-state index contributed by atoms with van der Waals surface area (Å²) in [5.41, 5.74) is 2.05. The summed E-state index contributed by atoms with van der Waals surface area (Å²) in [7, 11) is 0. The summed E-state index contributed by atoms with van der Waals surface area (Å²) in [5, 5.41) is 10.6. The van der Waals surface area contributed by atoms with Gasteiger partial charge in [-0.3, -0.25) is 14.2 Å². The highest BCUT2D eigenvalue weighted by Gasteiger charge is 2.51. The van der Waals surface area contributed by atoms with Gasteiger partial charge in [-0.05, 0) is 74.3 Å². The van der Waals surface area contributed by atoms with Gasteiger partial charge in [0.25, 0.3) is 11.5 Å². The number of amides is 1. The molecule has 1 aromatic carbocycles. The fourth-order valence-corrected chi connectivity index (χ4v) is 5.11. The fourth-order valence-electron chi connectivity index (χ4n) is 5.11. The van der Waals surface area contributed by atoms with Gasteiger partial charge in [-0.25, -0.2) is 0 Å². The predicted molar refractivity (Wildman–Crippen MR) is 114 cm³/mol. The first-order chi connectivity index (χ1) is 13.8. The van der Waals surface area contributed by atoms with E-state index in [1.165, 1.54) is 0 Å². The van der Waals surface area contributed by atoms with E-state index in [9.17, 15) is 14.7 Å². The number of carbonyl (C=O) groups is 1. The molecule has 0 unspecified atom stereocenters. The van der Waals surface area contributed by atoms with Crippen LogP contribution in [0.1, 0.15) is 73.4 Å². The number of hydrogen-bond donors (Lipinski definition) is 1. The molecule has 154 valence electrons. The summed E-state index contributed by atoms with van der Waals surface area (Å²) in [6, 6.07) is 9.74. The zero-order valence-electron chi connectivity index (χ0n) is 17.5. The van der Waals surface area contributed by atoms with E-state index < -0.39 is 11.6 Å². The topological polar surface area (TPSA) is 62.5 Å². The van der Waals surface area contributed by atoms with Crippen molar-refractivity contribution in [3.63, 3.8) is 0 Å². The first kappa shape index (κ1) is 19.9. The molecule has 4 rings (SSSR count). The van der Waals surface area contributed by atoms with Crippen LogP contribution in [-0.2, 0) is 0 Å². The van der Waals surface area contributed by atoms with E-state index in [0.717, 1.165) is 43.4 Å². The van der Waals surface area contributed by atoms with Gasteiger partial charge in [0, 0.05) is 18.4 Å². The van der Waals surface area contributed by atoms with Crippen LogP contribution in [0, 0.1) is 6.92 Å². The van der Waals surface area contributed by atoms with Crippen LogP contribution in [0.15, 0.2) is 41.3 Å². The SMILES string of the molecule is Cc1ccn(-c2cccc(C(C)C)c2)c(=O)c1C(=O)N1CCC[C@@]12CCC[C@H]2O. The van der Waals surface area contributed by atoms with Crippen molar-refractivity contribution in [3.8, 4) is 5.69 Å². The molecule has 1 saturated heterocycles. The van der Waals surface area contributed by atoms with Crippen LogP contribution >= 0.6 is 0 Å². The number of nitrogens with zero attached hydrogens (tertiary/aromatic N) is 2. The van der Waals surface area contributed by atoms with Gasteiger partial charge >= 0.3 is 0 Å². The third kappa shape index (κ3) is 3.21. The Labute approximate surface area is 172 Å². The smallest absolute Gasteiger partial charge is 0.268 e. The van der Waals surface area contributed by atoms with E-state index >= 15 is 0 Å². The molecule has 1 aliphatic carbocycles. The molecule has 5 nitrogen and oxygen atoms in total. The Morgan fingerprint density at radius 3 is 2.66 bits per heavy atom. The van der Waals surface area contributed by atoms with Crippen LogP contribution in [0.25, 0.3) is 5.69 Å². The number of aryl methyl sites for hydroxylation is 1. The Balaban J connectivity index is 1.77. The number of hydrogen-bond acceptors (Lipinski definition) is 3. The second-order valence-corrected chi connectivity index (χ2v) is 8.87. The molecule has 2 aromatic rings. The van der Waals surface area contributed by atoms with Crippen molar-refractivity contribution >= 4 is 5.91 Å². The number of aromatic nitrogens is 1. The highest BCUT2D eigenvalue weighted by Crippen LogP contribution is 2.43. The molecule has 1 saturated carbocycles. The van der Waals surface area contributed by atoms with Crippen molar-refractivity contribution in [2.45, 2.75) is 70.4 Å². The van der Waals surface area contributed by atoms with Crippen molar-refractivity contribution in [1.29, 1.82) is 0 Å². The van der Waals surface area contributed by atoms with Crippen molar-refractivity contribution in [2.75, 3.05) is 6.54 Å². The van der Waals surface area contributed by atoms with Crippen LogP contribution in [0.5, 0.6) is 0 Å². The third-order valence-electron chi connectivity index (χ3n) is 6.81. The standard InChI is InChI=1S/C24H30N2O3/c1-16(2)18-7-4-8-19(15-18)25-14-10-17(3)21(22(25)28)23(29)26-13-6-12-24(26)11-5-9-20(24)27/h4,7-8,10,14-16,20,27H,5-6,9,11-13H2,1-3H3/t20-,24-/m1/s1. The highest BCUT2D eigenvalue weighted by molar-refractivity contribution is 5.96. The lowest BCUT2D eigenvalue weighted by atomic mass is 9.91. The normalized spacial score (nSPS) is 24.0. The minimum absolute atomic E-state index is 0.225. The van der Waals surface area contributed by atoms with E-state index in [2.05, 4.69) is 19.9 Å². The average Bonchev–Trinajstić information content (AvgIpc) is 3.29. The molecule has 29 heavy (non-hydrogen) atoms. The average molecular weight is 395 g/mol. The largest absolute Gasteiger partial charge is 0.391 e. The molecule has 5 heteroatoms. The second kappa shape index (κ2) is 7.45. The molecule has 2 fully saturated rings. The molecule has 1 aromatic heterocycles. The Morgan fingerprint density at radius 1 is 1.21 bits per heavy atom. The van der Waals surface area contributed by atoms with Gasteiger partial charge in [-0.1, -0.05) is 26.0 Å². The number of carbonyl (C=O) groups excluding carboxylic acids is 1. The fraction of sp³-hybridized carbons (Fsp3) is 0.500. The first-order valence-corrected chi connectivity index (χ1v) is 10.7. The van der Waals surface area contributed by atoms with Crippen molar-refractivity contribution < 1.29 is 9.90 Å². The number of benzene rings is 1. The maximum absolute atomic E-state index is 13.6. The van der Waals surface area contributed by atoms with E-state index in [1.54, 1.807) is 15.7 Å². The van der Waals surface area contributed by atoms with Gasteiger partial charge in [-0.2, -0.15) is 0 Å². The molecule has 1 N–H and O–H groups in total. The number of likely N-dealkylation sites (tertiary alicyclic amines) is 1. The minimum Gasteiger partial charge on any atom is -0.391 e. The molecule has 0 radical (unpaired) electrons. The van der Waals surface area contributed by atoms with Crippen LogP contribution in [0.2, 0.25) is 0 Å². The van der Waals surface area contributed by atoms with Crippen LogP contribution in [0.4, 0.5) is 0 Å². The summed E-state index contributed by atoms with van der Waals surface area (Å²) in [4.78, 5) is 28.8. The highest BCUT2D eigenvalue weighted by atomic mass is 16.3. The van der Waals surface area contributed by atoms with Gasteiger partial charge in [0.05, 0.1) is 11.6 Å². The van der Waals surface area contributed by atoms with Crippen LogP contribution in [-0.4, -0.2) is 38.7 Å². The first-order valence-electron chi connectivity index (χ1n) is 10.7. The Kier molecular flexibility index (Phi) is 5.11. The monoisotopic (exact) mass is 394 g/mol. The molecular formula is C24H30N2O3. The molecule has 1 amide bonds. The van der Waals surface area contributed by atoms with E-state index in [4.69, 9.17) is 0 Å². The summed E-state index contributed by atoms with van der Waals surface area (Å²) < 4.78 is 1.57. The molecule has 0 bridgehead atoms. The zero-order valence-corrected chi connectivity index (χ0v) is 17.5. The van der Waals surface area contributed by atoms with Gasteiger partial charge in [0.2, 0.25) is 0 Å². The van der Waals surface area contributed by atoms with Gasteiger partial charge in [-0.15, -0.1) is 0 Å². The lowest BCUT2D eigenvalue weighted by Crippen LogP contribution is -2.53. The summed E-state index contributed by atoms with van der Waals surface area (Å²) in [6.45, 7) is 6.65. The van der Waals surface area contributed by atoms with E-state index in [1.807, 2.05) is 31.2 Å².